The van der Waals surface area contributed by atoms with Crippen molar-refractivity contribution < 1.29 is 8.42 Å². The van der Waals surface area contributed by atoms with Crippen LogP contribution in [0.3, 0.4) is 0 Å². The van der Waals surface area contributed by atoms with E-state index < -0.39 is 10.0 Å². The molecule has 0 radical (unpaired) electrons. The van der Waals surface area contributed by atoms with Crippen molar-refractivity contribution >= 4 is 10.0 Å². The van der Waals surface area contributed by atoms with Crippen molar-refractivity contribution in [2.75, 3.05) is 19.6 Å². The Morgan fingerprint density at radius 1 is 1.30 bits per heavy atom. The average Bonchev–Trinajstić information content (AvgIpc) is 3.17. The highest BCUT2D eigenvalue weighted by atomic mass is 32.2. The molecule has 112 valence electrons. The van der Waals surface area contributed by atoms with Crippen molar-refractivity contribution in [2.24, 2.45) is 13.0 Å². The van der Waals surface area contributed by atoms with Gasteiger partial charge in [-0.1, -0.05) is 0 Å². The van der Waals surface area contributed by atoms with Crippen molar-refractivity contribution in [3.05, 3.63) is 12.4 Å². The number of nitrogens with one attached hydrogen (secondary N) is 1. The monoisotopic (exact) mass is 298 g/mol. The molecular formula is C13H22N4O2S. The van der Waals surface area contributed by atoms with Gasteiger partial charge in [0, 0.05) is 32.4 Å². The maximum atomic E-state index is 12.4. The predicted molar refractivity (Wildman–Crippen MR) is 75.7 cm³/mol. The fourth-order valence-electron chi connectivity index (χ4n) is 2.66. The second-order valence-electron chi connectivity index (χ2n) is 5.88. The highest BCUT2D eigenvalue weighted by Gasteiger charge is 2.31. The van der Waals surface area contributed by atoms with Crippen LogP contribution in [-0.2, 0) is 17.1 Å². The van der Waals surface area contributed by atoms with Crippen LogP contribution in [0.4, 0.5) is 0 Å². The number of aryl methyl sites for hydroxylation is 1. The average molecular weight is 298 g/mol. The van der Waals surface area contributed by atoms with Crippen molar-refractivity contribution in [2.45, 2.75) is 36.6 Å². The summed E-state index contributed by atoms with van der Waals surface area (Å²) in [5.74, 6) is 0.607. The summed E-state index contributed by atoms with van der Waals surface area (Å²) in [6, 6.07) is 0.729. The van der Waals surface area contributed by atoms with E-state index in [0.717, 1.165) is 25.4 Å². The molecule has 0 amide bonds. The van der Waals surface area contributed by atoms with Gasteiger partial charge in [-0.05, 0) is 38.1 Å². The topological polar surface area (TPSA) is 67.2 Å². The zero-order valence-corrected chi connectivity index (χ0v) is 12.6. The summed E-state index contributed by atoms with van der Waals surface area (Å²) >= 11 is 0. The van der Waals surface area contributed by atoms with Crippen molar-refractivity contribution in [1.82, 2.24) is 19.4 Å². The van der Waals surface area contributed by atoms with Gasteiger partial charge in [-0.2, -0.15) is 9.40 Å². The van der Waals surface area contributed by atoms with Crippen LogP contribution in [0.2, 0.25) is 0 Å². The Balaban J connectivity index is 1.56. The molecule has 1 aromatic heterocycles. The normalized spacial score (nSPS) is 22.2. The molecular weight excluding hydrogens is 276 g/mol. The van der Waals surface area contributed by atoms with Gasteiger partial charge in [0.15, 0.2) is 0 Å². The predicted octanol–water partition coefficient (Wildman–Crippen LogP) is 0.573. The lowest BCUT2D eigenvalue weighted by Gasteiger charge is -2.31. The Morgan fingerprint density at radius 3 is 2.55 bits per heavy atom. The van der Waals surface area contributed by atoms with Crippen LogP contribution in [0, 0.1) is 5.92 Å². The zero-order chi connectivity index (χ0) is 14.2. The van der Waals surface area contributed by atoms with Gasteiger partial charge in [-0.15, -0.1) is 0 Å². The minimum atomic E-state index is -3.35. The van der Waals surface area contributed by atoms with Crippen molar-refractivity contribution in [3.8, 4) is 0 Å². The molecule has 6 nitrogen and oxygen atoms in total. The summed E-state index contributed by atoms with van der Waals surface area (Å²) in [6.07, 6.45) is 7.48. The van der Waals surface area contributed by atoms with Gasteiger partial charge in [-0.25, -0.2) is 8.42 Å². The van der Waals surface area contributed by atoms with E-state index in [0.29, 0.717) is 23.9 Å². The van der Waals surface area contributed by atoms with E-state index in [1.807, 2.05) is 0 Å². The minimum absolute atomic E-state index is 0.301. The van der Waals surface area contributed by atoms with E-state index in [4.69, 9.17) is 0 Å². The molecule has 2 heterocycles. The Morgan fingerprint density at radius 2 is 2.00 bits per heavy atom. The summed E-state index contributed by atoms with van der Waals surface area (Å²) < 4.78 is 28.0. The quantitative estimate of drug-likeness (QED) is 0.863. The minimum Gasteiger partial charge on any atom is -0.314 e. The van der Waals surface area contributed by atoms with E-state index >= 15 is 0 Å². The Labute approximate surface area is 120 Å². The molecule has 0 unspecified atom stereocenters. The molecule has 7 heteroatoms. The molecule has 2 aliphatic rings. The maximum absolute atomic E-state index is 12.4. The van der Waals surface area contributed by atoms with Crippen LogP contribution in [0.5, 0.6) is 0 Å². The molecule has 1 aliphatic heterocycles. The number of nitrogens with zero attached hydrogens (tertiary/aromatic N) is 3. The van der Waals surface area contributed by atoms with E-state index in [1.165, 1.54) is 23.7 Å². The van der Waals surface area contributed by atoms with E-state index in [-0.39, 0.29) is 0 Å². The fourth-order valence-corrected chi connectivity index (χ4v) is 4.11. The molecule has 0 bridgehead atoms. The summed E-state index contributed by atoms with van der Waals surface area (Å²) in [5, 5.41) is 7.48. The van der Waals surface area contributed by atoms with Gasteiger partial charge in [0.05, 0.1) is 6.20 Å². The molecule has 1 aliphatic carbocycles. The molecule has 3 rings (SSSR count). The van der Waals surface area contributed by atoms with Gasteiger partial charge in [0.2, 0.25) is 10.0 Å². The molecule has 2 fully saturated rings. The fraction of sp³-hybridized carbons (Fsp3) is 0.769. The van der Waals surface area contributed by atoms with Crippen LogP contribution in [0.25, 0.3) is 0 Å². The van der Waals surface area contributed by atoms with Gasteiger partial charge >= 0.3 is 0 Å². The van der Waals surface area contributed by atoms with Crippen LogP contribution < -0.4 is 5.32 Å². The third kappa shape index (κ3) is 3.05. The van der Waals surface area contributed by atoms with Crippen molar-refractivity contribution in [1.29, 1.82) is 0 Å². The molecule has 0 spiro atoms. The van der Waals surface area contributed by atoms with Crippen molar-refractivity contribution in [3.63, 3.8) is 0 Å². The number of hydrogen-bond acceptors (Lipinski definition) is 4. The smallest absolute Gasteiger partial charge is 0.246 e. The number of sulfonamides is 1. The summed E-state index contributed by atoms with van der Waals surface area (Å²) in [4.78, 5) is 0.301. The highest BCUT2D eigenvalue weighted by molar-refractivity contribution is 7.89. The van der Waals surface area contributed by atoms with Crippen LogP contribution in [-0.4, -0.2) is 48.2 Å². The largest absolute Gasteiger partial charge is 0.314 e. The van der Waals surface area contributed by atoms with Crippen LogP contribution in [0.15, 0.2) is 17.3 Å². The third-order valence-electron chi connectivity index (χ3n) is 4.17. The zero-order valence-electron chi connectivity index (χ0n) is 11.8. The van der Waals surface area contributed by atoms with E-state index in [9.17, 15) is 8.42 Å². The molecule has 1 N–H and O–H groups in total. The van der Waals surface area contributed by atoms with E-state index in [1.54, 1.807) is 17.5 Å². The lowest BCUT2D eigenvalue weighted by molar-refractivity contribution is 0.267. The second-order valence-corrected chi connectivity index (χ2v) is 7.82. The first-order valence-electron chi connectivity index (χ1n) is 7.28. The molecule has 1 saturated carbocycles. The standard InChI is InChI=1S/C13H22N4O2S/c1-16-10-13(9-15-16)20(18,19)17-6-4-11(5-7-17)8-14-12-2-3-12/h9-12,14H,2-8H2,1H3. The number of rotatable bonds is 5. The van der Waals surface area contributed by atoms with Gasteiger partial charge in [0.25, 0.3) is 0 Å². The molecule has 20 heavy (non-hydrogen) atoms. The SMILES string of the molecule is Cn1cc(S(=O)(=O)N2CCC(CNC3CC3)CC2)cn1. The molecule has 0 atom stereocenters. The van der Waals surface area contributed by atoms with E-state index in [2.05, 4.69) is 10.4 Å². The second kappa shape index (κ2) is 5.46. The Hall–Kier alpha value is -0.920. The van der Waals surface area contributed by atoms with Gasteiger partial charge in [-0.3, -0.25) is 4.68 Å². The molecule has 1 aromatic rings. The first kappa shape index (κ1) is 14.0. The lowest BCUT2D eigenvalue weighted by atomic mass is 9.98. The van der Waals surface area contributed by atoms with Gasteiger partial charge < -0.3 is 5.32 Å². The summed E-state index contributed by atoms with van der Waals surface area (Å²) in [5.41, 5.74) is 0. The summed E-state index contributed by atoms with van der Waals surface area (Å²) in [6.45, 7) is 2.27. The summed E-state index contributed by atoms with van der Waals surface area (Å²) in [7, 11) is -1.62. The number of aromatic nitrogens is 2. The first-order chi connectivity index (χ1) is 9.55. The Bertz CT molecular complexity index is 557. The maximum Gasteiger partial charge on any atom is 0.246 e. The van der Waals surface area contributed by atoms with Crippen LogP contribution in [0.1, 0.15) is 25.7 Å². The highest BCUT2D eigenvalue weighted by Crippen LogP contribution is 2.24. The number of hydrogen-bond donors (Lipinski definition) is 1. The molecule has 0 aromatic carbocycles. The number of piperidine rings is 1. The lowest BCUT2D eigenvalue weighted by Crippen LogP contribution is -2.40. The van der Waals surface area contributed by atoms with Crippen LogP contribution >= 0.6 is 0 Å². The third-order valence-corrected chi connectivity index (χ3v) is 6.02. The Kier molecular flexibility index (Phi) is 3.83. The molecule has 1 saturated heterocycles. The first-order valence-corrected chi connectivity index (χ1v) is 8.72. The van der Waals surface area contributed by atoms with Gasteiger partial charge in [0.1, 0.15) is 4.90 Å².